The molecule has 2 aromatic heterocycles. The number of Topliss-reactive ketones (excluding diaryl/α,β-unsaturated/α-hetero) is 1. The third-order valence-electron chi connectivity index (χ3n) is 14.0. The Labute approximate surface area is 424 Å². The van der Waals surface area contributed by atoms with Crippen LogP contribution in [0.4, 0.5) is 5.82 Å². The van der Waals surface area contributed by atoms with Crippen molar-refractivity contribution in [2.75, 3.05) is 37.8 Å². The van der Waals surface area contributed by atoms with Gasteiger partial charge in [0.15, 0.2) is 22.8 Å². The number of fused-ring (bicyclic) bond motifs is 2. The van der Waals surface area contributed by atoms with Gasteiger partial charge in [0.25, 0.3) is 15.6 Å². The maximum atomic E-state index is 13.4. The molecule has 2 amide bonds. The van der Waals surface area contributed by atoms with Crippen molar-refractivity contribution in [1.29, 1.82) is 0 Å². The number of nitrogens with two attached hydrogens (primary N) is 1. The van der Waals surface area contributed by atoms with Crippen LogP contribution >= 0.6 is 35.2 Å². The number of aliphatic hydroxyl groups is 2. The van der Waals surface area contributed by atoms with E-state index in [2.05, 4.69) is 50.4 Å². The maximum Gasteiger partial charge on any atom is 0.274 e. The Morgan fingerprint density at radius 3 is 2.49 bits per heavy atom. The first-order valence-electron chi connectivity index (χ1n) is 23.3. The van der Waals surface area contributed by atoms with Gasteiger partial charge in [0.05, 0.1) is 27.4 Å². The van der Waals surface area contributed by atoms with Crippen molar-refractivity contribution in [1.82, 2.24) is 30.2 Å². The first-order chi connectivity index (χ1) is 34.0. The van der Waals surface area contributed by atoms with Gasteiger partial charge in [-0.15, -0.1) is 0 Å². The summed E-state index contributed by atoms with van der Waals surface area (Å²) in [6, 6.07) is 5.27. The number of phosphoric ester groups is 3. The van der Waals surface area contributed by atoms with Crippen LogP contribution in [0, 0.1) is 41.4 Å². The van der Waals surface area contributed by atoms with E-state index >= 15 is 0 Å². The third kappa shape index (κ3) is 14.6. The summed E-state index contributed by atoms with van der Waals surface area (Å²) in [6.45, 7) is 6.10. The Morgan fingerprint density at radius 1 is 1.07 bits per heavy atom. The lowest BCUT2D eigenvalue weighted by molar-refractivity contribution is -0.347. The van der Waals surface area contributed by atoms with Crippen molar-refractivity contribution in [2.24, 2.45) is 34.5 Å². The fourth-order valence-electron chi connectivity index (χ4n) is 10.1. The van der Waals surface area contributed by atoms with Gasteiger partial charge in [-0.05, 0) is 79.5 Å². The van der Waals surface area contributed by atoms with E-state index in [9.17, 15) is 67.8 Å². The van der Waals surface area contributed by atoms with E-state index in [0.29, 0.717) is 19.3 Å². The first kappa shape index (κ1) is 58.5. The van der Waals surface area contributed by atoms with Gasteiger partial charge >= 0.3 is 0 Å². The molecule has 26 nitrogen and oxygen atoms in total. The van der Waals surface area contributed by atoms with Crippen LogP contribution in [0.15, 0.2) is 30.9 Å². The predicted octanol–water partition coefficient (Wildman–Crippen LogP) is 0.431. The van der Waals surface area contributed by atoms with Crippen molar-refractivity contribution in [3.8, 4) is 5.75 Å². The van der Waals surface area contributed by atoms with E-state index in [4.69, 9.17) is 10.5 Å². The van der Waals surface area contributed by atoms with E-state index in [-0.39, 0.29) is 88.0 Å². The number of aromatic hydroxyl groups is 1. The summed E-state index contributed by atoms with van der Waals surface area (Å²) in [4.78, 5) is 112. The summed E-state index contributed by atoms with van der Waals surface area (Å²) in [5, 5.41) is 36.6. The van der Waals surface area contributed by atoms with Crippen LogP contribution in [0.25, 0.3) is 11.2 Å². The molecule has 6 rings (SSSR count). The number of nitrogens with zero attached hydrogens (tertiary/aromatic N) is 4. The minimum atomic E-state index is -5.95. The highest BCUT2D eigenvalue weighted by Gasteiger charge is 2.55. The zero-order valence-electron chi connectivity index (χ0n) is 40.6. The number of hydrogen-bond donors (Lipinski definition) is 6. The summed E-state index contributed by atoms with van der Waals surface area (Å²) < 4.78 is 61.1. The highest BCUT2D eigenvalue weighted by atomic mass is 32.2. The second kappa shape index (κ2) is 23.6. The molecule has 2 saturated carbocycles. The van der Waals surface area contributed by atoms with Crippen LogP contribution in [-0.4, -0.2) is 114 Å². The molecule has 3 aliphatic rings. The van der Waals surface area contributed by atoms with Crippen LogP contribution in [0.3, 0.4) is 0 Å². The van der Waals surface area contributed by atoms with E-state index in [1.165, 1.54) is 13.8 Å². The number of ketones is 1. The molecule has 0 spiro atoms. The molecule has 1 aliphatic heterocycles. The number of phosphoric acid groups is 3. The SMILES string of the molecule is Cc1ccc(O)cc1CC[C@@H]1C(=O)CC[C@]2(C)[C@@H]([C@H](C)C(=O)SCCNC(=O)CCNC(=O)[C@H](O)C(C)(C)COP(=O)([O-])OP(=O)([O-])OC[C@H]3O[C@@H](n4cnc5c(N)ncnc54)[C@H](O)[C@@H]3OP(=O)([O-])[O-])CC[C@@H]12. The fraction of sp³-hybridized carbons (Fsp3) is 0.651. The smallest absolute Gasteiger partial charge is 0.274 e. The number of benzene rings is 1. The Balaban J connectivity index is 0.893. The van der Waals surface area contributed by atoms with Crippen LogP contribution < -0.4 is 35.9 Å². The Hall–Kier alpha value is -3.75. The van der Waals surface area contributed by atoms with Crippen LogP contribution in [0.1, 0.15) is 83.6 Å². The third-order valence-corrected chi connectivity index (χ3v) is 18.1. The van der Waals surface area contributed by atoms with Crippen molar-refractivity contribution in [3.05, 3.63) is 42.0 Å². The Kier molecular flexibility index (Phi) is 19.0. The molecule has 3 aromatic rings. The molecule has 12 atom stereocenters. The van der Waals surface area contributed by atoms with Crippen LogP contribution in [0.5, 0.6) is 5.75 Å². The normalized spacial score (nSPS) is 26.9. The van der Waals surface area contributed by atoms with E-state index in [1.807, 2.05) is 19.9 Å². The zero-order chi connectivity index (χ0) is 53.8. The number of thioether (sulfide) groups is 1. The quantitative estimate of drug-likeness (QED) is 0.0523. The largest absolute Gasteiger partial charge is 0.790 e. The molecular formula is C43H60N7O19P3S-4. The molecule has 7 N–H and O–H groups in total. The monoisotopic (exact) mass is 1100 g/mol. The van der Waals surface area contributed by atoms with Gasteiger partial charge in [-0.25, -0.2) is 19.3 Å². The number of rotatable bonds is 24. The van der Waals surface area contributed by atoms with Gasteiger partial charge in [-0.1, -0.05) is 45.5 Å². The van der Waals surface area contributed by atoms with Gasteiger partial charge in [0.2, 0.25) is 11.8 Å². The standard InChI is InChI=1S/C43H64N7O19P3S/c1-23-6-8-26(51)18-25(23)7-9-27-29-11-10-28(43(29,5)14-12-30(27)52)24(2)41(57)73-17-16-45-32(53)13-15-46-39(56)36(55)42(3,4)20-66-72(63,64)69-71(61,62)65-19-31-35(68-70(58,59)60)34(54)40(67-31)50-22-49-33-37(44)47-21-48-38(33)50/h6,8,18,21-22,24,27-29,31,34-36,40,51,54-55H,7,9-17,19-20H2,1-5H3,(H,45,53)(H,46,56)(H,61,62)(H,63,64)(H2,44,47,48)(H2,58,59,60)/p-4/t24-,27-,28+,29-,31+,34+,35+,36-,40+,43+/m0/s1. The van der Waals surface area contributed by atoms with Crippen molar-refractivity contribution >= 4 is 74.9 Å². The average molecular weight is 1100 g/mol. The van der Waals surface area contributed by atoms with E-state index < -0.39 is 84.6 Å². The van der Waals surface area contributed by atoms with Gasteiger partial charge in [-0.3, -0.25) is 32.9 Å². The number of carbonyl (C=O) groups excluding carboxylic acids is 4. The Morgan fingerprint density at radius 2 is 1.78 bits per heavy atom. The van der Waals surface area contributed by atoms with Gasteiger partial charge in [-0.2, -0.15) is 0 Å². The zero-order valence-corrected chi connectivity index (χ0v) is 44.1. The number of aliphatic hydroxyl groups excluding tert-OH is 2. The minimum Gasteiger partial charge on any atom is -0.790 e. The molecule has 1 aromatic carbocycles. The lowest BCUT2D eigenvalue weighted by atomic mass is 9.58. The molecule has 2 unspecified atom stereocenters. The lowest BCUT2D eigenvalue weighted by Crippen LogP contribution is -2.46. The average Bonchev–Trinajstić information content (AvgIpc) is 3.99. The van der Waals surface area contributed by atoms with Crippen LogP contribution in [0.2, 0.25) is 0 Å². The number of amides is 2. The number of aryl methyl sites for hydroxylation is 2. The number of phenolic OH excluding ortho intramolecular Hbond substituents is 1. The molecule has 2 aliphatic carbocycles. The summed E-state index contributed by atoms with van der Waals surface area (Å²) >= 11 is 1.11. The van der Waals surface area contributed by atoms with Gasteiger partial charge in [0.1, 0.15) is 47.8 Å². The predicted molar refractivity (Wildman–Crippen MR) is 251 cm³/mol. The summed E-state index contributed by atoms with van der Waals surface area (Å²) in [5.41, 5.74) is 5.95. The number of imidazole rings is 1. The highest BCUT2D eigenvalue weighted by Crippen LogP contribution is 2.60. The number of anilines is 1. The molecule has 0 radical (unpaired) electrons. The number of nitrogens with one attached hydrogen (secondary N) is 2. The number of nitrogen functional groups attached to an aromatic ring is 1. The maximum absolute atomic E-state index is 13.4. The van der Waals surface area contributed by atoms with E-state index in [0.717, 1.165) is 59.4 Å². The van der Waals surface area contributed by atoms with Gasteiger partial charge < -0.3 is 74.1 Å². The molecule has 30 heteroatoms. The number of ether oxygens (including phenoxy) is 1. The number of aromatic nitrogens is 4. The molecule has 3 fully saturated rings. The molecule has 1 saturated heterocycles. The first-order valence-corrected chi connectivity index (χ1v) is 28.7. The summed E-state index contributed by atoms with van der Waals surface area (Å²) in [5.74, 6) is -0.992. The van der Waals surface area contributed by atoms with Crippen molar-refractivity contribution < 1.29 is 90.4 Å². The number of carbonyl (C=O) groups is 4. The van der Waals surface area contributed by atoms with Crippen molar-refractivity contribution in [2.45, 2.75) is 110 Å². The second-order valence-electron chi connectivity index (χ2n) is 19.5. The molecule has 0 bridgehead atoms. The molecular weight excluding hydrogens is 1040 g/mol. The van der Waals surface area contributed by atoms with Gasteiger partial charge in [0, 0.05) is 48.9 Å². The highest BCUT2D eigenvalue weighted by molar-refractivity contribution is 8.13. The lowest BCUT2D eigenvalue weighted by Gasteiger charge is -2.45. The Bertz CT molecular complexity index is 2660. The minimum absolute atomic E-state index is 0.00871. The second-order valence-corrected chi connectivity index (χ2v) is 24.6. The summed E-state index contributed by atoms with van der Waals surface area (Å²) in [6.07, 6.45) is -3.48. The molecule has 73 heavy (non-hydrogen) atoms. The van der Waals surface area contributed by atoms with Crippen molar-refractivity contribution in [3.63, 3.8) is 0 Å². The fourth-order valence-corrected chi connectivity index (χ4v) is 13.7. The van der Waals surface area contributed by atoms with Crippen LogP contribution in [-0.2, 0) is 61.9 Å². The summed E-state index contributed by atoms with van der Waals surface area (Å²) in [7, 11) is -17.7. The molecule has 406 valence electrons. The number of hydrogen-bond acceptors (Lipinski definition) is 24. The molecule has 3 heterocycles. The number of phenols is 1. The topological polar surface area (TPSA) is 412 Å². The van der Waals surface area contributed by atoms with E-state index in [1.54, 1.807) is 12.1 Å².